The molecule has 0 radical (unpaired) electrons. The Balaban J connectivity index is 1.99. The Morgan fingerprint density at radius 1 is 1.32 bits per heavy atom. The zero-order valence-electron chi connectivity index (χ0n) is 12.3. The van der Waals surface area contributed by atoms with Crippen LogP contribution in [-0.4, -0.2) is 16.9 Å². The molecule has 0 spiro atoms. The molecule has 1 atom stereocenters. The van der Waals surface area contributed by atoms with E-state index in [1.54, 1.807) is 0 Å². The lowest BCUT2D eigenvalue weighted by Gasteiger charge is -2.45. The summed E-state index contributed by atoms with van der Waals surface area (Å²) in [6, 6.07) is 0.290. The van der Waals surface area contributed by atoms with E-state index in [-0.39, 0.29) is 5.91 Å². The number of carbonyl (C=O) groups is 1. The highest BCUT2D eigenvalue weighted by atomic mass is 32.1. The van der Waals surface area contributed by atoms with Crippen molar-refractivity contribution in [2.45, 2.75) is 65.3 Å². The van der Waals surface area contributed by atoms with E-state index in [4.69, 9.17) is 18.0 Å². The van der Waals surface area contributed by atoms with Crippen molar-refractivity contribution in [1.82, 2.24) is 5.32 Å². The van der Waals surface area contributed by atoms with E-state index in [0.717, 1.165) is 25.7 Å². The quantitative estimate of drug-likeness (QED) is 0.783. The van der Waals surface area contributed by atoms with E-state index in [2.05, 4.69) is 26.1 Å². The Kier molecular flexibility index (Phi) is 3.92. The van der Waals surface area contributed by atoms with Crippen molar-refractivity contribution in [1.29, 1.82) is 0 Å². The summed E-state index contributed by atoms with van der Waals surface area (Å²) in [5.74, 6) is 0.621. The van der Waals surface area contributed by atoms with Gasteiger partial charge in [0.05, 0.1) is 10.4 Å². The van der Waals surface area contributed by atoms with Gasteiger partial charge in [0.25, 0.3) is 0 Å². The first-order chi connectivity index (χ1) is 8.75. The van der Waals surface area contributed by atoms with Gasteiger partial charge in [-0.05, 0) is 43.4 Å². The third-order valence-electron chi connectivity index (χ3n) is 4.84. The van der Waals surface area contributed by atoms with Gasteiger partial charge < -0.3 is 11.1 Å². The second-order valence-corrected chi connectivity index (χ2v) is 7.83. The van der Waals surface area contributed by atoms with Crippen molar-refractivity contribution >= 4 is 23.1 Å². The van der Waals surface area contributed by atoms with Gasteiger partial charge in [0.15, 0.2) is 0 Å². The van der Waals surface area contributed by atoms with E-state index >= 15 is 0 Å². The second kappa shape index (κ2) is 5.04. The molecular formula is C15H26N2OS. The van der Waals surface area contributed by atoms with Crippen LogP contribution in [-0.2, 0) is 4.79 Å². The standard InChI is InChI=1S/C15H26N2OS/c1-10-7-15(8-10,12(16)19)13(18)17-11-5-4-6-14(2,3)9-11/h10-11H,4-9H2,1-3H3,(H2,16,19)(H,17,18). The molecule has 3 nitrogen and oxygen atoms in total. The maximum atomic E-state index is 12.5. The van der Waals surface area contributed by atoms with Crippen molar-refractivity contribution in [2.75, 3.05) is 0 Å². The minimum absolute atomic E-state index is 0.0702. The first kappa shape index (κ1) is 14.8. The van der Waals surface area contributed by atoms with Crippen LogP contribution in [0.5, 0.6) is 0 Å². The fourth-order valence-corrected chi connectivity index (χ4v) is 4.03. The SMILES string of the molecule is CC1CC(C(=O)NC2CCCC(C)(C)C2)(C(N)=S)C1. The number of nitrogens with two attached hydrogens (primary N) is 1. The maximum Gasteiger partial charge on any atom is 0.233 e. The minimum Gasteiger partial charge on any atom is -0.392 e. The fourth-order valence-electron chi connectivity index (χ4n) is 3.77. The third kappa shape index (κ3) is 2.93. The summed E-state index contributed by atoms with van der Waals surface area (Å²) in [6.07, 6.45) is 6.19. The van der Waals surface area contributed by atoms with Crippen molar-refractivity contribution in [2.24, 2.45) is 22.5 Å². The van der Waals surface area contributed by atoms with Gasteiger partial charge in [-0.3, -0.25) is 4.79 Å². The zero-order valence-corrected chi connectivity index (χ0v) is 13.1. The van der Waals surface area contributed by atoms with Gasteiger partial charge in [-0.2, -0.15) is 0 Å². The minimum atomic E-state index is -0.559. The molecule has 2 saturated carbocycles. The van der Waals surface area contributed by atoms with Crippen molar-refractivity contribution in [3.05, 3.63) is 0 Å². The molecule has 0 aromatic heterocycles. The Morgan fingerprint density at radius 2 is 1.95 bits per heavy atom. The molecule has 108 valence electrons. The van der Waals surface area contributed by atoms with Gasteiger partial charge in [0.1, 0.15) is 0 Å². The molecular weight excluding hydrogens is 256 g/mol. The molecule has 0 aromatic carbocycles. The molecule has 3 N–H and O–H groups in total. The fraction of sp³-hybridized carbons (Fsp3) is 0.867. The highest BCUT2D eigenvalue weighted by Crippen LogP contribution is 2.46. The summed E-state index contributed by atoms with van der Waals surface area (Å²) in [4.78, 5) is 12.9. The maximum absolute atomic E-state index is 12.5. The molecule has 0 heterocycles. The van der Waals surface area contributed by atoms with Crippen LogP contribution in [0.3, 0.4) is 0 Å². The van der Waals surface area contributed by atoms with Gasteiger partial charge in [-0.1, -0.05) is 39.4 Å². The van der Waals surface area contributed by atoms with E-state index < -0.39 is 5.41 Å². The number of hydrogen-bond donors (Lipinski definition) is 2. The van der Waals surface area contributed by atoms with Gasteiger partial charge in [0, 0.05) is 6.04 Å². The smallest absolute Gasteiger partial charge is 0.233 e. The summed E-state index contributed by atoms with van der Waals surface area (Å²) in [6.45, 7) is 6.70. The third-order valence-corrected chi connectivity index (χ3v) is 5.23. The van der Waals surface area contributed by atoms with E-state index in [1.807, 2.05) is 0 Å². The highest BCUT2D eigenvalue weighted by Gasteiger charge is 2.51. The van der Waals surface area contributed by atoms with E-state index in [0.29, 0.717) is 22.4 Å². The van der Waals surface area contributed by atoms with Crippen LogP contribution in [0, 0.1) is 16.7 Å². The van der Waals surface area contributed by atoms with Gasteiger partial charge >= 0.3 is 0 Å². The molecule has 2 aliphatic carbocycles. The highest BCUT2D eigenvalue weighted by molar-refractivity contribution is 7.80. The molecule has 1 unspecified atom stereocenters. The zero-order chi connectivity index (χ0) is 14.3. The van der Waals surface area contributed by atoms with Crippen LogP contribution in [0.15, 0.2) is 0 Å². The number of rotatable bonds is 3. The molecule has 2 fully saturated rings. The average Bonchev–Trinajstić information content (AvgIpc) is 2.22. The largest absolute Gasteiger partial charge is 0.392 e. The normalized spacial score (nSPS) is 37.2. The molecule has 2 aliphatic rings. The van der Waals surface area contributed by atoms with Crippen LogP contribution in [0.25, 0.3) is 0 Å². The number of thiocarbonyl (C=S) groups is 1. The summed E-state index contributed by atoms with van der Waals surface area (Å²) in [5, 5.41) is 3.21. The lowest BCUT2D eigenvalue weighted by molar-refractivity contribution is -0.134. The molecule has 19 heavy (non-hydrogen) atoms. The van der Waals surface area contributed by atoms with Gasteiger partial charge in [-0.15, -0.1) is 0 Å². The average molecular weight is 282 g/mol. The predicted molar refractivity (Wildman–Crippen MR) is 81.8 cm³/mol. The summed E-state index contributed by atoms with van der Waals surface area (Å²) < 4.78 is 0. The number of amides is 1. The van der Waals surface area contributed by atoms with Crippen LogP contribution in [0.1, 0.15) is 59.3 Å². The molecule has 0 aliphatic heterocycles. The monoisotopic (exact) mass is 282 g/mol. The van der Waals surface area contributed by atoms with Crippen molar-refractivity contribution in [3.8, 4) is 0 Å². The number of hydrogen-bond acceptors (Lipinski definition) is 2. The lowest BCUT2D eigenvalue weighted by atomic mass is 9.61. The Morgan fingerprint density at radius 3 is 2.42 bits per heavy atom. The topological polar surface area (TPSA) is 55.1 Å². The van der Waals surface area contributed by atoms with Crippen molar-refractivity contribution in [3.63, 3.8) is 0 Å². The lowest BCUT2D eigenvalue weighted by Crippen LogP contribution is -2.58. The Labute approximate surface area is 121 Å². The predicted octanol–water partition coefficient (Wildman–Crippen LogP) is 2.77. The first-order valence-corrected chi connectivity index (χ1v) is 7.77. The molecule has 0 bridgehead atoms. The molecule has 1 amide bonds. The van der Waals surface area contributed by atoms with Gasteiger partial charge in [-0.25, -0.2) is 0 Å². The Hall–Kier alpha value is -0.640. The summed E-state index contributed by atoms with van der Waals surface area (Å²) >= 11 is 5.14. The summed E-state index contributed by atoms with van der Waals surface area (Å²) in [7, 11) is 0. The van der Waals surface area contributed by atoms with Crippen LogP contribution >= 0.6 is 12.2 Å². The van der Waals surface area contributed by atoms with Crippen molar-refractivity contribution < 1.29 is 4.79 Å². The number of nitrogens with one attached hydrogen (secondary N) is 1. The van der Waals surface area contributed by atoms with E-state index in [1.165, 1.54) is 12.8 Å². The van der Waals surface area contributed by atoms with E-state index in [9.17, 15) is 4.79 Å². The second-order valence-electron chi connectivity index (χ2n) is 7.39. The molecule has 0 aromatic rings. The van der Waals surface area contributed by atoms with Crippen LogP contribution in [0.4, 0.5) is 0 Å². The Bertz CT molecular complexity index is 386. The molecule has 0 saturated heterocycles. The molecule has 4 heteroatoms. The van der Waals surface area contributed by atoms with Crippen LogP contribution in [0.2, 0.25) is 0 Å². The first-order valence-electron chi connectivity index (χ1n) is 7.36. The summed E-state index contributed by atoms with van der Waals surface area (Å²) in [5.41, 5.74) is 5.60. The molecule has 2 rings (SSSR count). The number of carbonyl (C=O) groups excluding carboxylic acids is 1. The van der Waals surface area contributed by atoms with Gasteiger partial charge in [0.2, 0.25) is 5.91 Å². The van der Waals surface area contributed by atoms with Crippen LogP contribution < -0.4 is 11.1 Å².